The largest absolute Gasteiger partial charge is 0.326 e. The minimum atomic E-state index is -0.259. The number of hydrogen-bond acceptors (Lipinski definition) is 4. The van der Waals surface area contributed by atoms with Crippen molar-refractivity contribution in [2.45, 2.75) is 30.3 Å². The summed E-state index contributed by atoms with van der Waals surface area (Å²) in [5.41, 5.74) is 8.54. The van der Waals surface area contributed by atoms with Crippen LogP contribution in [0.1, 0.15) is 16.8 Å². The molecule has 5 heteroatoms. The lowest BCUT2D eigenvalue weighted by Crippen LogP contribution is -2.06. The molecule has 0 saturated carbocycles. The molecular formula is C13H14FN3S. The number of nitrogens with two attached hydrogens (primary N) is 1. The van der Waals surface area contributed by atoms with Gasteiger partial charge >= 0.3 is 0 Å². The van der Waals surface area contributed by atoms with Crippen LogP contribution in [0.4, 0.5) is 4.39 Å². The second-order valence-electron chi connectivity index (χ2n) is 3.93. The lowest BCUT2D eigenvalue weighted by atomic mass is 10.1. The predicted octanol–water partition coefficient (Wildman–Crippen LogP) is 2.84. The second kappa shape index (κ2) is 5.46. The highest BCUT2D eigenvalue weighted by Gasteiger charge is 2.12. The van der Waals surface area contributed by atoms with Gasteiger partial charge in [-0.15, -0.1) is 5.10 Å². The van der Waals surface area contributed by atoms with Crippen molar-refractivity contribution < 1.29 is 4.39 Å². The van der Waals surface area contributed by atoms with Crippen LogP contribution in [0.25, 0.3) is 0 Å². The quantitative estimate of drug-likeness (QED) is 0.925. The van der Waals surface area contributed by atoms with Crippen LogP contribution in [0.5, 0.6) is 0 Å². The maximum Gasteiger partial charge on any atom is 0.137 e. The van der Waals surface area contributed by atoms with Crippen molar-refractivity contribution in [3.8, 4) is 0 Å². The summed E-state index contributed by atoms with van der Waals surface area (Å²) in [5.74, 6) is -0.259. The van der Waals surface area contributed by atoms with Crippen molar-refractivity contribution in [2.24, 2.45) is 5.73 Å². The minimum absolute atomic E-state index is 0.259. The SMILES string of the molecule is Cc1nnc(Sc2ccccc2F)c(CN)c1C. The second-order valence-corrected chi connectivity index (χ2v) is 4.96. The molecule has 0 saturated heterocycles. The van der Waals surface area contributed by atoms with Gasteiger partial charge in [0.05, 0.1) is 5.69 Å². The normalized spacial score (nSPS) is 10.7. The third-order valence-electron chi connectivity index (χ3n) is 2.79. The number of rotatable bonds is 3. The van der Waals surface area contributed by atoms with Crippen molar-refractivity contribution in [3.63, 3.8) is 0 Å². The van der Waals surface area contributed by atoms with Crippen molar-refractivity contribution in [1.82, 2.24) is 10.2 Å². The average Bonchev–Trinajstić information content (AvgIpc) is 2.37. The molecule has 1 aromatic carbocycles. The van der Waals surface area contributed by atoms with Crippen LogP contribution in [0.15, 0.2) is 34.2 Å². The van der Waals surface area contributed by atoms with Gasteiger partial charge in [-0.1, -0.05) is 23.9 Å². The van der Waals surface area contributed by atoms with Crippen molar-refractivity contribution in [3.05, 3.63) is 46.9 Å². The summed E-state index contributed by atoms with van der Waals surface area (Å²) >= 11 is 1.26. The smallest absolute Gasteiger partial charge is 0.137 e. The van der Waals surface area contributed by atoms with E-state index in [-0.39, 0.29) is 5.82 Å². The average molecular weight is 263 g/mol. The molecule has 0 spiro atoms. The van der Waals surface area contributed by atoms with E-state index in [0.717, 1.165) is 16.8 Å². The Morgan fingerprint density at radius 2 is 1.94 bits per heavy atom. The lowest BCUT2D eigenvalue weighted by molar-refractivity contribution is 0.601. The number of aryl methyl sites for hydroxylation is 1. The number of aromatic nitrogens is 2. The molecule has 0 aliphatic heterocycles. The third kappa shape index (κ3) is 2.52. The summed E-state index contributed by atoms with van der Waals surface area (Å²) in [5, 5.41) is 8.85. The summed E-state index contributed by atoms with van der Waals surface area (Å²) < 4.78 is 13.6. The van der Waals surface area contributed by atoms with E-state index in [1.807, 2.05) is 13.8 Å². The molecule has 0 amide bonds. The monoisotopic (exact) mass is 263 g/mol. The van der Waals surface area contributed by atoms with Crippen molar-refractivity contribution in [1.29, 1.82) is 0 Å². The van der Waals surface area contributed by atoms with E-state index in [1.54, 1.807) is 18.2 Å². The molecule has 0 aliphatic carbocycles. The molecule has 0 aliphatic rings. The molecule has 1 aromatic heterocycles. The molecule has 2 aromatic rings. The van der Waals surface area contributed by atoms with Gasteiger partial charge in [0.15, 0.2) is 0 Å². The number of hydrogen-bond donors (Lipinski definition) is 1. The lowest BCUT2D eigenvalue weighted by Gasteiger charge is -2.10. The zero-order chi connectivity index (χ0) is 13.1. The van der Waals surface area contributed by atoms with Gasteiger partial charge in [-0.25, -0.2) is 4.39 Å². The predicted molar refractivity (Wildman–Crippen MR) is 69.9 cm³/mol. The fourth-order valence-electron chi connectivity index (χ4n) is 1.59. The van der Waals surface area contributed by atoms with Gasteiger partial charge in [-0.2, -0.15) is 5.10 Å². The Labute approximate surface area is 110 Å². The zero-order valence-electron chi connectivity index (χ0n) is 10.3. The van der Waals surface area contributed by atoms with Crippen LogP contribution in [-0.2, 0) is 6.54 Å². The van der Waals surface area contributed by atoms with E-state index in [2.05, 4.69) is 10.2 Å². The highest BCUT2D eigenvalue weighted by Crippen LogP contribution is 2.31. The molecule has 18 heavy (non-hydrogen) atoms. The zero-order valence-corrected chi connectivity index (χ0v) is 11.1. The van der Waals surface area contributed by atoms with Gasteiger partial charge in [0.2, 0.25) is 0 Å². The topological polar surface area (TPSA) is 51.8 Å². The molecule has 1 heterocycles. The van der Waals surface area contributed by atoms with Crippen molar-refractivity contribution >= 4 is 11.8 Å². The molecule has 0 unspecified atom stereocenters. The minimum Gasteiger partial charge on any atom is -0.326 e. The Morgan fingerprint density at radius 1 is 1.22 bits per heavy atom. The number of benzene rings is 1. The molecular weight excluding hydrogens is 249 g/mol. The van der Waals surface area contributed by atoms with Crippen LogP contribution >= 0.6 is 11.8 Å². The summed E-state index contributed by atoms with van der Waals surface area (Å²) in [6.45, 7) is 4.22. The van der Waals surface area contributed by atoms with Gasteiger partial charge in [0.25, 0.3) is 0 Å². The number of halogens is 1. The third-order valence-corrected chi connectivity index (χ3v) is 3.86. The van der Waals surface area contributed by atoms with Crippen LogP contribution in [0.2, 0.25) is 0 Å². The first-order valence-corrected chi connectivity index (χ1v) is 6.40. The highest BCUT2D eigenvalue weighted by atomic mass is 32.2. The van der Waals surface area contributed by atoms with E-state index < -0.39 is 0 Å². The molecule has 2 N–H and O–H groups in total. The molecule has 3 nitrogen and oxygen atoms in total. The fourth-order valence-corrected chi connectivity index (χ4v) is 2.55. The van der Waals surface area contributed by atoms with Gasteiger partial charge in [-0.3, -0.25) is 0 Å². The molecule has 0 bridgehead atoms. The Bertz CT molecular complexity index is 572. The summed E-state index contributed by atoms with van der Waals surface area (Å²) in [7, 11) is 0. The van der Waals surface area contributed by atoms with Gasteiger partial charge in [0, 0.05) is 17.0 Å². The Balaban J connectivity index is 2.41. The summed E-state index contributed by atoms with van der Waals surface area (Å²) in [4.78, 5) is 0.532. The number of nitrogens with zero attached hydrogens (tertiary/aromatic N) is 2. The van der Waals surface area contributed by atoms with Gasteiger partial charge in [-0.05, 0) is 31.5 Å². The Morgan fingerprint density at radius 3 is 2.61 bits per heavy atom. The highest BCUT2D eigenvalue weighted by molar-refractivity contribution is 7.99. The van der Waals surface area contributed by atoms with Crippen LogP contribution in [0.3, 0.4) is 0 Å². The van der Waals surface area contributed by atoms with Crippen LogP contribution in [-0.4, -0.2) is 10.2 Å². The standard InChI is InChI=1S/C13H14FN3S/c1-8-9(2)16-17-13(10(8)7-15)18-12-6-4-3-5-11(12)14/h3-6H,7,15H2,1-2H3. The molecule has 2 rings (SSSR count). The van der Waals surface area contributed by atoms with E-state index in [9.17, 15) is 4.39 Å². The van der Waals surface area contributed by atoms with E-state index in [0.29, 0.717) is 16.5 Å². The van der Waals surface area contributed by atoms with Gasteiger partial charge < -0.3 is 5.73 Å². The molecule has 0 fully saturated rings. The van der Waals surface area contributed by atoms with E-state index in [4.69, 9.17) is 5.73 Å². The fraction of sp³-hybridized carbons (Fsp3) is 0.231. The molecule has 0 atom stereocenters. The van der Waals surface area contributed by atoms with E-state index >= 15 is 0 Å². The van der Waals surface area contributed by atoms with Crippen LogP contribution < -0.4 is 5.73 Å². The first-order valence-electron chi connectivity index (χ1n) is 5.58. The Kier molecular flexibility index (Phi) is 3.93. The summed E-state index contributed by atoms with van der Waals surface area (Å²) in [6.07, 6.45) is 0. The maximum absolute atomic E-state index is 13.6. The Hall–Kier alpha value is -1.46. The van der Waals surface area contributed by atoms with Crippen LogP contribution in [0, 0.1) is 19.7 Å². The maximum atomic E-state index is 13.6. The molecule has 94 valence electrons. The first-order chi connectivity index (χ1) is 8.63. The molecule has 0 radical (unpaired) electrons. The van der Waals surface area contributed by atoms with E-state index in [1.165, 1.54) is 17.8 Å². The van der Waals surface area contributed by atoms with Gasteiger partial charge in [0.1, 0.15) is 10.8 Å². The summed E-state index contributed by atoms with van der Waals surface area (Å²) in [6, 6.07) is 6.60. The van der Waals surface area contributed by atoms with Crippen molar-refractivity contribution in [2.75, 3.05) is 0 Å². The first kappa shape index (κ1) is 13.0.